The van der Waals surface area contributed by atoms with Crippen molar-refractivity contribution in [3.05, 3.63) is 35.9 Å². The van der Waals surface area contributed by atoms with Crippen molar-refractivity contribution in [3.63, 3.8) is 0 Å². The predicted molar refractivity (Wildman–Crippen MR) is 91.5 cm³/mol. The molecule has 2 bridgehead atoms. The second-order valence-electron chi connectivity index (χ2n) is 6.74. The van der Waals surface area contributed by atoms with Gasteiger partial charge in [0.15, 0.2) is 11.5 Å². The molecule has 1 aromatic rings. The number of nitrogens with zero attached hydrogens (tertiary/aromatic N) is 2. The van der Waals surface area contributed by atoms with E-state index in [2.05, 4.69) is 5.10 Å². The minimum Gasteiger partial charge on any atom is -0.493 e. The Bertz CT molecular complexity index is 829. The summed E-state index contributed by atoms with van der Waals surface area (Å²) in [7, 11) is 1.46. The maximum atomic E-state index is 12.6. The average Bonchev–Trinajstić information content (AvgIpc) is 3.28. The normalized spacial score (nSPS) is 28.9. The number of amides is 2. The Morgan fingerprint density at radius 3 is 2.38 bits per heavy atom. The van der Waals surface area contributed by atoms with Crippen LogP contribution < -0.4 is 9.47 Å². The summed E-state index contributed by atoms with van der Waals surface area (Å²) in [5.41, 5.74) is 0.622. The topological polar surface area (TPSA) is 85.3 Å². The van der Waals surface area contributed by atoms with E-state index in [1.165, 1.54) is 20.2 Å². The number of allylic oxidation sites excluding steroid dienone is 2. The fourth-order valence-corrected chi connectivity index (χ4v) is 4.13. The van der Waals surface area contributed by atoms with Gasteiger partial charge >= 0.3 is 5.97 Å². The molecule has 1 aromatic carbocycles. The highest BCUT2D eigenvalue weighted by Gasteiger charge is 2.59. The molecule has 3 aliphatic rings. The van der Waals surface area contributed by atoms with E-state index in [1.54, 1.807) is 18.2 Å². The molecule has 4 rings (SSSR count). The van der Waals surface area contributed by atoms with Gasteiger partial charge in [-0.2, -0.15) is 10.1 Å². The highest BCUT2D eigenvalue weighted by atomic mass is 16.6. The van der Waals surface area contributed by atoms with Gasteiger partial charge in [-0.1, -0.05) is 12.2 Å². The quantitative estimate of drug-likeness (QED) is 0.270. The van der Waals surface area contributed by atoms with Gasteiger partial charge in [-0.3, -0.25) is 14.4 Å². The van der Waals surface area contributed by atoms with Gasteiger partial charge in [0.05, 0.1) is 25.2 Å². The third kappa shape index (κ3) is 2.51. The summed E-state index contributed by atoms with van der Waals surface area (Å²) in [4.78, 5) is 36.3. The first kappa shape index (κ1) is 16.5. The van der Waals surface area contributed by atoms with Gasteiger partial charge in [0.1, 0.15) is 0 Å². The molecular formula is C19H18N2O5. The number of imide groups is 1. The van der Waals surface area contributed by atoms with E-state index in [0.29, 0.717) is 17.1 Å². The zero-order valence-electron chi connectivity index (χ0n) is 14.4. The first-order valence-electron chi connectivity index (χ1n) is 8.46. The molecule has 7 heteroatoms. The molecule has 2 amide bonds. The van der Waals surface area contributed by atoms with Gasteiger partial charge in [0.25, 0.3) is 11.8 Å². The molecule has 0 unspecified atom stereocenters. The fraction of sp³-hybridized carbons (Fsp3) is 0.368. The van der Waals surface area contributed by atoms with E-state index in [-0.39, 0.29) is 35.5 Å². The van der Waals surface area contributed by atoms with Gasteiger partial charge < -0.3 is 9.47 Å². The van der Waals surface area contributed by atoms with Crippen molar-refractivity contribution < 1.29 is 23.9 Å². The minimum absolute atomic E-state index is 0.157. The Morgan fingerprint density at radius 2 is 1.81 bits per heavy atom. The average molecular weight is 354 g/mol. The van der Waals surface area contributed by atoms with Crippen molar-refractivity contribution in [2.45, 2.75) is 13.3 Å². The van der Waals surface area contributed by atoms with Crippen LogP contribution in [0.4, 0.5) is 0 Å². The number of rotatable bonds is 4. The molecule has 0 N–H and O–H groups in total. The lowest BCUT2D eigenvalue weighted by Gasteiger charge is -2.13. The fourth-order valence-electron chi connectivity index (χ4n) is 4.13. The maximum Gasteiger partial charge on any atom is 0.308 e. The molecule has 7 nitrogen and oxygen atoms in total. The Labute approximate surface area is 150 Å². The highest BCUT2D eigenvalue weighted by molar-refractivity contribution is 6.06. The van der Waals surface area contributed by atoms with Crippen molar-refractivity contribution >= 4 is 24.0 Å². The van der Waals surface area contributed by atoms with Crippen LogP contribution in [0.1, 0.15) is 18.9 Å². The van der Waals surface area contributed by atoms with E-state index in [9.17, 15) is 14.4 Å². The van der Waals surface area contributed by atoms with Crippen molar-refractivity contribution in [2.24, 2.45) is 28.8 Å². The van der Waals surface area contributed by atoms with Gasteiger partial charge in [0.2, 0.25) is 0 Å². The lowest BCUT2D eigenvalue weighted by Crippen LogP contribution is -2.28. The number of fused-ring (bicyclic) bond motifs is 5. The third-order valence-electron chi connectivity index (χ3n) is 5.21. The van der Waals surface area contributed by atoms with Gasteiger partial charge in [-0.15, -0.1) is 0 Å². The van der Waals surface area contributed by atoms with Crippen LogP contribution in [-0.4, -0.2) is 36.1 Å². The lowest BCUT2D eigenvalue weighted by molar-refractivity contribution is -0.140. The molecule has 2 fully saturated rings. The van der Waals surface area contributed by atoms with Crippen molar-refractivity contribution in [1.29, 1.82) is 0 Å². The number of hydrogen-bond acceptors (Lipinski definition) is 6. The predicted octanol–water partition coefficient (Wildman–Crippen LogP) is 1.76. The number of carbonyl (C=O) groups excluding carboxylic acids is 3. The van der Waals surface area contributed by atoms with Crippen LogP contribution >= 0.6 is 0 Å². The largest absolute Gasteiger partial charge is 0.493 e. The van der Waals surface area contributed by atoms with Crippen LogP contribution in [-0.2, 0) is 14.4 Å². The van der Waals surface area contributed by atoms with Crippen molar-refractivity contribution in [3.8, 4) is 11.5 Å². The third-order valence-corrected chi connectivity index (χ3v) is 5.21. The minimum atomic E-state index is -0.451. The zero-order valence-corrected chi connectivity index (χ0v) is 14.4. The second kappa shape index (κ2) is 6.09. The Balaban J connectivity index is 1.54. The van der Waals surface area contributed by atoms with Gasteiger partial charge in [0, 0.05) is 6.92 Å². The van der Waals surface area contributed by atoms with E-state index in [0.717, 1.165) is 11.4 Å². The maximum absolute atomic E-state index is 12.6. The van der Waals surface area contributed by atoms with Gasteiger partial charge in [-0.25, -0.2) is 0 Å². The summed E-state index contributed by atoms with van der Waals surface area (Å²) in [6.45, 7) is 1.30. The van der Waals surface area contributed by atoms with Crippen LogP contribution in [0.5, 0.6) is 11.5 Å². The molecule has 134 valence electrons. The van der Waals surface area contributed by atoms with Crippen LogP contribution in [0, 0.1) is 23.7 Å². The first-order chi connectivity index (χ1) is 12.5. The smallest absolute Gasteiger partial charge is 0.308 e. The second-order valence-corrected chi connectivity index (χ2v) is 6.74. The number of ether oxygens (including phenoxy) is 2. The van der Waals surface area contributed by atoms with Crippen molar-refractivity contribution in [2.75, 3.05) is 7.11 Å². The standard InChI is InChI=1S/C19H18N2O5/c1-10(22)26-14-6-3-11(7-15(14)25-2)9-20-21-18(23)16-12-4-5-13(8-12)17(16)19(21)24/h3-7,9,12-13,16-17H,8H2,1-2H3/t12-,13-,16-,17+/m0/s1. The Hall–Kier alpha value is -2.96. The number of methoxy groups -OCH3 is 1. The van der Waals surface area contributed by atoms with E-state index in [1.807, 2.05) is 12.2 Å². The molecule has 0 radical (unpaired) electrons. The van der Waals surface area contributed by atoms with Crippen molar-refractivity contribution in [1.82, 2.24) is 5.01 Å². The van der Waals surface area contributed by atoms with E-state index >= 15 is 0 Å². The summed E-state index contributed by atoms with van der Waals surface area (Å²) in [6, 6.07) is 4.87. The molecular weight excluding hydrogens is 336 g/mol. The Kier molecular flexibility index (Phi) is 3.86. The highest BCUT2D eigenvalue weighted by Crippen LogP contribution is 2.52. The molecule has 1 saturated carbocycles. The molecule has 26 heavy (non-hydrogen) atoms. The van der Waals surface area contributed by atoms with E-state index < -0.39 is 5.97 Å². The monoisotopic (exact) mass is 354 g/mol. The number of carbonyl (C=O) groups is 3. The molecule has 0 spiro atoms. The van der Waals surface area contributed by atoms with Crippen LogP contribution in [0.2, 0.25) is 0 Å². The number of hydrogen-bond donors (Lipinski definition) is 0. The first-order valence-corrected chi connectivity index (χ1v) is 8.46. The molecule has 4 atom stereocenters. The molecule has 1 saturated heterocycles. The molecule has 2 aliphatic carbocycles. The zero-order chi connectivity index (χ0) is 18.4. The number of hydrazone groups is 1. The van der Waals surface area contributed by atoms with Crippen LogP contribution in [0.3, 0.4) is 0 Å². The van der Waals surface area contributed by atoms with E-state index in [4.69, 9.17) is 9.47 Å². The summed E-state index contributed by atoms with van der Waals surface area (Å²) < 4.78 is 10.3. The molecule has 1 heterocycles. The number of benzene rings is 1. The lowest BCUT2D eigenvalue weighted by atomic mass is 9.85. The van der Waals surface area contributed by atoms with Crippen LogP contribution in [0.15, 0.2) is 35.5 Å². The summed E-state index contributed by atoms with van der Waals surface area (Å²) in [5.74, 6) is -0.466. The molecule has 0 aromatic heterocycles. The SMILES string of the molecule is COc1cc(C=NN2C(=O)[C@@H]3[C@H](C2=O)[C@H]2C=C[C@H]3C2)ccc1OC(C)=O. The Morgan fingerprint density at radius 1 is 1.15 bits per heavy atom. The summed E-state index contributed by atoms with van der Waals surface area (Å²) in [6.07, 6.45) is 6.41. The number of esters is 1. The van der Waals surface area contributed by atoms with Gasteiger partial charge in [-0.05, 0) is 42.0 Å². The molecule has 1 aliphatic heterocycles. The summed E-state index contributed by atoms with van der Waals surface area (Å²) >= 11 is 0. The summed E-state index contributed by atoms with van der Waals surface area (Å²) in [5, 5.41) is 5.11. The van der Waals surface area contributed by atoms with Crippen LogP contribution in [0.25, 0.3) is 0 Å².